The molecule has 0 spiro atoms. The van der Waals surface area contributed by atoms with Crippen LogP contribution in [0.15, 0.2) is 72.9 Å². The van der Waals surface area contributed by atoms with E-state index < -0.39 is 6.10 Å². The molecule has 6 nitrogen and oxygen atoms in total. The van der Waals surface area contributed by atoms with Gasteiger partial charge in [0.1, 0.15) is 13.2 Å². The van der Waals surface area contributed by atoms with Crippen molar-refractivity contribution in [2.75, 3.05) is 13.2 Å². The molecule has 0 saturated carbocycles. The minimum atomic E-state index is -0.795. The molecule has 83 heavy (non-hydrogen) atoms. The summed E-state index contributed by atoms with van der Waals surface area (Å²) in [5.74, 6) is -0.913. The van der Waals surface area contributed by atoms with Crippen molar-refractivity contribution in [1.82, 2.24) is 0 Å². The molecule has 0 aliphatic carbocycles. The molecule has 0 fully saturated rings. The largest absolute Gasteiger partial charge is 0.462 e. The van der Waals surface area contributed by atoms with Crippen LogP contribution in [-0.4, -0.2) is 37.2 Å². The maximum Gasteiger partial charge on any atom is 0.306 e. The number of unbranched alkanes of at least 4 members (excludes halogenated alkanes) is 44. The maximum atomic E-state index is 12.9. The van der Waals surface area contributed by atoms with Crippen molar-refractivity contribution in [3.05, 3.63) is 72.9 Å². The van der Waals surface area contributed by atoms with Gasteiger partial charge in [0, 0.05) is 19.3 Å². The van der Waals surface area contributed by atoms with Crippen LogP contribution in [0.4, 0.5) is 0 Å². The van der Waals surface area contributed by atoms with Gasteiger partial charge in [0.2, 0.25) is 0 Å². The Bertz CT molecular complexity index is 1520. The number of hydrogen-bond acceptors (Lipinski definition) is 6. The highest BCUT2D eigenvalue weighted by Crippen LogP contribution is 2.19. The molecule has 6 heteroatoms. The molecule has 0 aliphatic heterocycles. The van der Waals surface area contributed by atoms with Crippen molar-refractivity contribution in [3.63, 3.8) is 0 Å². The zero-order valence-corrected chi connectivity index (χ0v) is 55.5. The van der Waals surface area contributed by atoms with Crippen LogP contribution in [0.2, 0.25) is 0 Å². The van der Waals surface area contributed by atoms with Crippen molar-refractivity contribution in [3.8, 4) is 0 Å². The fourth-order valence-corrected chi connectivity index (χ4v) is 10.8. The van der Waals surface area contributed by atoms with Gasteiger partial charge in [-0.25, -0.2) is 0 Å². The summed E-state index contributed by atoms with van der Waals surface area (Å²) in [6.07, 6.45) is 93.9. The Morgan fingerprint density at radius 1 is 0.253 bits per heavy atom. The third-order valence-corrected chi connectivity index (χ3v) is 16.2. The van der Waals surface area contributed by atoms with E-state index in [1.165, 1.54) is 231 Å². The van der Waals surface area contributed by atoms with Crippen molar-refractivity contribution >= 4 is 17.9 Å². The molecule has 0 aliphatic rings. The van der Waals surface area contributed by atoms with Crippen LogP contribution in [0, 0.1) is 0 Å². The van der Waals surface area contributed by atoms with E-state index in [9.17, 15) is 14.4 Å². The van der Waals surface area contributed by atoms with Crippen molar-refractivity contribution in [1.29, 1.82) is 0 Å². The minimum absolute atomic E-state index is 0.0876. The molecule has 0 heterocycles. The predicted octanol–water partition coefficient (Wildman–Crippen LogP) is 25.2. The zero-order valence-electron chi connectivity index (χ0n) is 55.5. The summed E-state index contributed by atoms with van der Waals surface area (Å²) in [7, 11) is 0. The van der Waals surface area contributed by atoms with E-state index >= 15 is 0 Å². The summed E-state index contributed by atoms with van der Waals surface area (Å²) in [6.45, 7) is 6.52. The number of esters is 3. The Morgan fingerprint density at radius 2 is 0.470 bits per heavy atom. The molecule has 1 atom stereocenters. The summed E-state index contributed by atoms with van der Waals surface area (Å²) < 4.78 is 16.9. The fraction of sp³-hybridized carbons (Fsp3) is 0.805. The van der Waals surface area contributed by atoms with Crippen molar-refractivity contribution in [2.24, 2.45) is 0 Å². The van der Waals surface area contributed by atoms with Gasteiger partial charge >= 0.3 is 17.9 Å². The normalized spacial score (nSPS) is 12.5. The van der Waals surface area contributed by atoms with Crippen LogP contribution in [0.25, 0.3) is 0 Å². The predicted molar refractivity (Wildman–Crippen MR) is 362 cm³/mol. The van der Waals surface area contributed by atoms with E-state index in [0.717, 1.165) is 109 Å². The lowest BCUT2D eigenvalue weighted by atomic mass is 10.0. The van der Waals surface area contributed by atoms with Crippen LogP contribution in [0.1, 0.15) is 380 Å². The maximum absolute atomic E-state index is 12.9. The quantitative estimate of drug-likeness (QED) is 0.0261. The second-order valence-corrected chi connectivity index (χ2v) is 24.5. The van der Waals surface area contributed by atoms with Gasteiger partial charge in [0.25, 0.3) is 0 Å². The molecular weight excluding hydrogens is 1020 g/mol. The standard InChI is InChI=1S/C77H138O6/c1-4-7-10-13-16-19-22-25-27-29-31-32-33-34-35-36-37-38-39-40-41-42-43-44-46-47-49-52-55-58-61-64-67-70-76(79)82-73-74(72-81-75(78)69-66-63-60-57-54-51-24-21-18-15-12-9-6-3)83-77(80)71-68-65-62-59-56-53-50-48-45-30-28-26-23-20-17-14-11-8-5-2/h9,12,17-18,20-21,26,28,45,48,51,54,74H,4-8,10-11,13-16,19,22-25,27,29-44,46-47,49-50,52-53,55-73H2,1-3H3/b12-9-,20-17-,21-18-,28-26-,48-45-,54-51-. The highest BCUT2D eigenvalue weighted by atomic mass is 16.6. The fourth-order valence-electron chi connectivity index (χ4n) is 10.8. The van der Waals surface area contributed by atoms with Crippen LogP contribution >= 0.6 is 0 Å². The molecule has 0 amide bonds. The summed E-state index contributed by atoms with van der Waals surface area (Å²) in [6, 6.07) is 0. The Hall–Kier alpha value is -3.15. The molecular formula is C77H138O6. The molecule has 0 aromatic carbocycles. The lowest BCUT2D eigenvalue weighted by molar-refractivity contribution is -0.167. The third kappa shape index (κ3) is 69.5. The number of rotatable bonds is 67. The summed E-state index contributed by atoms with van der Waals surface area (Å²) in [5, 5.41) is 0. The van der Waals surface area contributed by atoms with Gasteiger partial charge in [-0.2, -0.15) is 0 Å². The number of allylic oxidation sites excluding steroid dienone is 12. The summed E-state index contributed by atoms with van der Waals surface area (Å²) >= 11 is 0. The second kappa shape index (κ2) is 71.3. The Labute approximate surface area is 516 Å². The lowest BCUT2D eigenvalue weighted by Crippen LogP contribution is -2.30. The Kier molecular flexibility index (Phi) is 68.6. The average Bonchev–Trinajstić information content (AvgIpc) is 3.49. The first kappa shape index (κ1) is 79.8. The monoisotopic (exact) mass is 1160 g/mol. The van der Waals surface area contributed by atoms with Gasteiger partial charge in [-0.3, -0.25) is 14.4 Å². The van der Waals surface area contributed by atoms with Crippen LogP contribution < -0.4 is 0 Å². The SMILES string of the molecule is CC/C=C\C/C=C\C/C=C\CCCCCC(=O)OCC(COC(=O)CCCCCCCCCCCCCCCCCCCCCCCCCCCCCCCCCCC)OC(=O)CCCCCCCC/C=C\C/C=C\C/C=C\CCCCC. The highest BCUT2D eigenvalue weighted by molar-refractivity contribution is 5.71. The topological polar surface area (TPSA) is 78.9 Å². The van der Waals surface area contributed by atoms with Gasteiger partial charge in [0.05, 0.1) is 0 Å². The first-order valence-corrected chi connectivity index (χ1v) is 36.4. The van der Waals surface area contributed by atoms with Gasteiger partial charge in [-0.15, -0.1) is 0 Å². The van der Waals surface area contributed by atoms with Crippen molar-refractivity contribution in [2.45, 2.75) is 386 Å². The second-order valence-electron chi connectivity index (χ2n) is 24.5. The highest BCUT2D eigenvalue weighted by Gasteiger charge is 2.19. The molecule has 482 valence electrons. The third-order valence-electron chi connectivity index (χ3n) is 16.2. The lowest BCUT2D eigenvalue weighted by Gasteiger charge is -2.18. The van der Waals surface area contributed by atoms with Gasteiger partial charge in [0.15, 0.2) is 6.10 Å². The minimum Gasteiger partial charge on any atom is -0.462 e. The van der Waals surface area contributed by atoms with Crippen molar-refractivity contribution < 1.29 is 28.6 Å². The summed E-state index contributed by atoms with van der Waals surface area (Å²) in [4.78, 5) is 38.4. The molecule has 0 aromatic heterocycles. The first-order chi connectivity index (χ1) is 41.0. The average molecular weight is 1160 g/mol. The van der Waals surface area contributed by atoms with E-state index in [2.05, 4.69) is 93.7 Å². The van der Waals surface area contributed by atoms with Crippen LogP contribution in [-0.2, 0) is 28.6 Å². The van der Waals surface area contributed by atoms with E-state index in [0.29, 0.717) is 19.3 Å². The Balaban J connectivity index is 4.15. The van der Waals surface area contributed by atoms with E-state index in [1.54, 1.807) is 0 Å². The zero-order chi connectivity index (χ0) is 59.9. The molecule has 0 bridgehead atoms. The molecule has 0 saturated heterocycles. The van der Waals surface area contributed by atoms with Crippen LogP contribution in [0.3, 0.4) is 0 Å². The van der Waals surface area contributed by atoms with Gasteiger partial charge < -0.3 is 14.2 Å². The number of hydrogen-bond donors (Lipinski definition) is 0. The smallest absolute Gasteiger partial charge is 0.306 e. The number of carbonyl (C=O) groups is 3. The summed E-state index contributed by atoms with van der Waals surface area (Å²) in [5.41, 5.74) is 0. The molecule has 0 aromatic rings. The molecule has 1 unspecified atom stereocenters. The van der Waals surface area contributed by atoms with Gasteiger partial charge in [-0.1, -0.05) is 344 Å². The Morgan fingerprint density at radius 3 is 0.771 bits per heavy atom. The van der Waals surface area contributed by atoms with E-state index in [1.807, 2.05) is 0 Å². The van der Waals surface area contributed by atoms with Crippen LogP contribution in [0.5, 0.6) is 0 Å². The van der Waals surface area contributed by atoms with E-state index in [4.69, 9.17) is 14.2 Å². The first-order valence-electron chi connectivity index (χ1n) is 36.4. The molecule has 0 rings (SSSR count). The number of ether oxygens (including phenoxy) is 3. The van der Waals surface area contributed by atoms with Gasteiger partial charge in [-0.05, 0) is 89.9 Å². The molecule has 0 radical (unpaired) electrons. The van der Waals surface area contributed by atoms with E-state index in [-0.39, 0.29) is 31.1 Å². The molecule has 0 N–H and O–H groups in total. The number of carbonyl (C=O) groups excluding carboxylic acids is 3.